The van der Waals surface area contributed by atoms with Crippen molar-refractivity contribution in [1.29, 1.82) is 0 Å². The van der Waals surface area contributed by atoms with E-state index in [4.69, 9.17) is 15.2 Å². The number of phenolic OH excluding ortho intramolecular Hbond substituents is 1. The van der Waals surface area contributed by atoms with Gasteiger partial charge in [0.1, 0.15) is 5.75 Å². The normalized spacial score (nSPS) is 7.20. The van der Waals surface area contributed by atoms with Crippen molar-refractivity contribution in [1.82, 2.24) is 0 Å². The van der Waals surface area contributed by atoms with Crippen molar-refractivity contribution < 1.29 is 10.3 Å². The molecule has 0 radical (unpaired) electrons. The van der Waals surface area contributed by atoms with Gasteiger partial charge >= 0.3 is 0 Å². The second-order valence-corrected chi connectivity index (χ2v) is 1.42. The van der Waals surface area contributed by atoms with Crippen LogP contribution in [0.3, 0.4) is 0 Å². The number of rotatable bonds is 0. The lowest BCUT2D eigenvalue weighted by Gasteiger charge is -1.82. The number of hydrogen-bond acceptors (Lipinski definition) is 3. The van der Waals surface area contributed by atoms with Gasteiger partial charge in [0.2, 0.25) is 0 Å². The number of phenols is 1. The lowest BCUT2D eigenvalue weighted by molar-refractivity contribution is 0.312. The molecule has 10 heavy (non-hydrogen) atoms. The van der Waals surface area contributed by atoms with Crippen molar-refractivity contribution in [2.45, 2.75) is 0 Å². The summed E-state index contributed by atoms with van der Waals surface area (Å²) in [4.78, 5) is 8.11. The first-order chi connectivity index (χ1) is 4.81. The van der Waals surface area contributed by atoms with E-state index in [0.29, 0.717) is 5.75 Å². The number of para-hydroxylation sites is 1. The van der Waals surface area contributed by atoms with E-state index in [1.54, 1.807) is 24.3 Å². The van der Waals surface area contributed by atoms with Gasteiger partial charge in [0.05, 0.1) is 0 Å². The van der Waals surface area contributed by atoms with Crippen LogP contribution in [0.4, 0.5) is 0 Å². The minimum absolute atomic E-state index is 0.322. The summed E-state index contributed by atoms with van der Waals surface area (Å²) in [5.74, 6) is 0.322. The summed E-state index contributed by atoms with van der Waals surface area (Å²) in [6, 6.07) is 8.71. The van der Waals surface area contributed by atoms with E-state index in [9.17, 15) is 0 Å². The Morgan fingerprint density at radius 1 is 1.20 bits per heavy atom. The fraction of sp³-hybridized carbons (Fsp3) is 0. The molecular formula is C6H7NO3. The van der Waals surface area contributed by atoms with E-state index in [-0.39, 0.29) is 0 Å². The Hall–Kier alpha value is -1.58. The van der Waals surface area contributed by atoms with E-state index in [0.717, 1.165) is 0 Å². The van der Waals surface area contributed by atoms with Crippen LogP contribution in [0.25, 0.3) is 0 Å². The zero-order chi connectivity index (χ0) is 7.82. The van der Waals surface area contributed by atoms with E-state index in [1.165, 1.54) is 5.34 Å². The second kappa shape index (κ2) is 5.55. The maximum Gasteiger partial charge on any atom is 0.152 e. The van der Waals surface area contributed by atoms with Gasteiger partial charge in [0.25, 0.3) is 0 Å². The van der Waals surface area contributed by atoms with E-state index in [1.807, 2.05) is 6.07 Å². The molecule has 1 rings (SSSR count). The molecule has 0 aliphatic rings. The summed E-state index contributed by atoms with van der Waals surface area (Å²) in [5.41, 5.74) is 0. The van der Waals surface area contributed by atoms with E-state index < -0.39 is 0 Å². The molecular weight excluding hydrogens is 134 g/mol. The standard InChI is InChI=1S/C6H6O.HNO2/c7-6-4-2-1-3-5-6;2-1-3/h1-5,7H;(H,2,3). The highest BCUT2D eigenvalue weighted by Gasteiger charge is 1.74. The Kier molecular flexibility index (Phi) is 4.68. The molecule has 0 unspecified atom stereocenters. The molecule has 0 aliphatic carbocycles. The second-order valence-electron chi connectivity index (χ2n) is 1.42. The third kappa shape index (κ3) is 4.58. The van der Waals surface area contributed by atoms with Crippen LogP contribution in [0.15, 0.2) is 35.7 Å². The SMILES string of the molecule is O=NO.Oc1ccccc1. The van der Waals surface area contributed by atoms with Gasteiger partial charge in [-0.25, -0.2) is 0 Å². The van der Waals surface area contributed by atoms with Crippen molar-refractivity contribution in [2.24, 2.45) is 5.34 Å². The van der Waals surface area contributed by atoms with Crippen LogP contribution in [0.5, 0.6) is 5.75 Å². The third-order valence-corrected chi connectivity index (χ3v) is 0.756. The van der Waals surface area contributed by atoms with Gasteiger partial charge in [-0.1, -0.05) is 18.2 Å². The molecule has 0 bridgehead atoms. The van der Waals surface area contributed by atoms with Gasteiger partial charge in [-0.05, 0) is 12.1 Å². The zero-order valence-electron chi connectivity index (χ0n) is 5.14. The van der Waals surface area contributed by atoms with Crippen molar-refractivity contribution in [2.75, 3.05) is 0 Å². The van der Waals surface area contributed by atoms with Crippen LogP contribution in [0, 0.1) is 4.91 Å². The third-order valence-electron chi connectivity index (χ3n) is 0.756. The number of nitrogens with zero attached hydrogens (tertiary/aromatic N) is 1. The fourth-order valence-corrected chi connectivity index (χ4v) is 0.428. The smallest absolute Gasteiger partial charge is 0.152 e. The maximum atomic E-state index is 8.63. The summed E-state index contributed by atoms with van der Waals surface area (Å²) in [5, 5.41) is 16.5. The maximum absolute atomic E-state index is 8.63. The van der Waals surface area contributed by atoms with E-state index in [2.05, 4.69) is 0 Å². The zero-order valence-corrected chi connectivity index (χ0v) is 5.14. The molecule has 0 spiro atoms. The fourth-order valence-electron chi connectivity index (χ4n) is 0.428. The Morgan fingerprint density at radius 2 is 1.60 bits per heavy atom. The molecule has 1 aromatic carbocycles. The Bertz CT molecular complexity index is 176. The molecule has 0 fully saturated rings. The van der Waals surface area contributed by atoms with Crippen LogP contribution in [0.2, 0.25) is 0 Å². The molecule has 2 N–H and O–H groups in total. The first kappa shape index (κ1) is 8.42. The molecule has 0 saturated carbocycles. The topological polar surface area (TPSA) is 69.9 Å². The minimum atomic E-state index is 0.322. The quantitative estimate of drug-likeness (QED) is 0.425. The molecule has 54 valence electrons. The van der Waals surface area contributed by atoms with Crippen molar-refractivity contribution in [3.8, 4) is 5.75 Å². The van der Waals surface area contributed by atoms with Gasteiger partial charge in [-0.3, -0.25) is 0 Å². The molecule has 4 heteroatoms. The predicted octanol–water partition coefficient (Wildman–Crippen LogP) is 1.53. The van der Waals surface area contributed by atoms with Crippen LogP contribution in [-0.2, 0) is 0 Å². The van der Waals surface area contributed by atoms with Gasteiger partial charge in [0, 0.05) is 0 Å². The van der Waals surface area contributed by atoms with Crippen LogP contribution in [0.1, 0.15) is 0 Å². The monoisotopic (exact) mass is 141 g/mol. The number of aromatic hydroxyl groups is 1. The number of hydrogen-bond donors (Lipinski definition) is 2. The van der Waals surface area contributed by atoms with Crippen molar-refractivity contribution in [3.05, 3.63) is 35.2 Å². The molecule has 1 aromatic rings. The molecule has 0 amide bonds. The van der Waals surface area contributed by atoms with Crippen molar-refractivity contribution in [3.63, 3.8) is 0 Å². The highest BCUT2D eigenvalue weighted by Crippen LogP contribution is 2.02. The molecule has 0 aromatic heterocycles. The largest absolute Gasteiger partial charge is 0.508 e. The Morgan fingerprint density at radius 3 is 1.80 bits per heavy atom. The van der Waals surface area contributed by atoms with Gasteiger partial charge < -0.3 is 10.3 Å². The first-order valence-corrected chi connectivity index (χ1v) is 2.52. The van der Waals surface area contributed by atoms with E-state index >= 15 is 0 Å². The van der Waals surface area contributed by atoms with Gasteiger partial charge in [0.15, 0.2) is 5.34 Å². The van der Waals surface area contributed by atoms with Gasteiger partial charge in [-0.2, -0.15) is 0 Å². The van der Waals surface area contributed by atoms with Crippen LogP contribution >= 0.6 is 0 Å². The minimum Gasteiger partial charge on any atom is -0.508 e. The number of benzene rings is 1. The average Bonchev–Trinajstić information content (AvgIpc) is 1.91. The first-order valence-electron chi connectivity index (χ1n) is 2.52. The molecule has 0 atom stereocenters. The summed E-state index contributed by atoms with van der Waals surface area (Å²) < 4.78 is 0. The average molecular weight is 141 g/mol. The Labute approximate surface area is 57.7 Å². The summed E-state index contributed by atoms with van der Waals surface area (Å²) in [6.07, 6.45) is 0. The van der Waals surface area contributed by atoms with Gasteiger partial charge in [-0.15, -0.1) is 4.91 Å². The molecule has 4 nitrogen and oxygen atoms in total. The molecule has 0 heterocycles. The van der Waals surface area contributed by atoms with Crippen LogP contribution in [-0.4, -0.2) is 10.3 Å². The molecule has 0 saturated heterocycles. The molecule has 0 aliphatic heterocycles. The highest BCUT2D eigenvalue weighted by atomic mass is 16.6. The summed E-state index contributed by atoms with van der Waals surface area (Å²) in [7, 11) is 0. The lowest BCUT2D eigenvalue weighted by Crippen LogP contribution is -1.56. The predicted molar refractivity (Wildman–Crippen MR) is 35.7 cm³/mol. The summed E-state index contributed by atoms with van der Waals surface area (Å²) in [6.45, 7) is 0. The summed E-state index contributed by atoms with van der Waals surface area (Å²) >= 11 is 0. The van der Waals surface area contributed by atoms with Crippen LogP contribution < -0.4 is 0 Å². The Balaban J connectivity index is 0.000000236. The highest BCUT2D eigenvalue weighted by molar-refractivity contribution is 5.18. The van der Waals surface area contributed by atoms with Crippen molar-refractivity contribution >= 4 is 0 Å². The lowest BCUT2D eigenvalue weighted by atomic mass is 10.3.